The average molecular weight is 304 g/mol. The number of esters is 1. The number of carbonyl (C=O) groups excluding carboxylic acids is 2. The number of rotatable bonds is 4. The van der Waals surface area contributed by atoms with Crippen molar-refractivity contribution < 1.29 is 14.3 Å². The van der Waals surface area contributed by atoms with Crippen LogP contribution in [0.25, 0.3) is 0 Å². The lowest BCUT2D eigenvalue weighted by atomic mass is 10.1. The molecular formula is C17H24N2O3. The third-order valence-electron chi connectivity index (χ3n) is 3.96. The summed E-state index contributed by atoms with van der Waals surface area (Å²) < 4.78 is 4.83. The highest BCUT2D eigenvalue weighted by Gasteiger charge is 2.25. The molecule has 0 bridgehead atoms. The fourth-order valence-electron chi connectivity index (χ4n) is 2.70. The highest BCUT2D eigenvalue weighted by atomic mass is 16.5. The zero-order chi connectivity index (χ0) is 15.8. The first-order valence-corrected chi connectivity index (χ1v) is 7.88. The predicted molar refractivity (Wildman–Crippen MR) is 84.5 cm³/mol. The molecule has 0 aliphatic carbocycles. The Bertz CT molecular complexity index is 482. The van der Waals surface area contributed by atoms with Gasteiger partial charge in [0.1, 0.15) is 6.04 Å². The van der Waals surface area contributed by atoms with Crippen molar-refractivity contribution in [3.05, 3.63) is 35.9 Å². The number of methoxy groups -OCH3 is 1. The summed E-state index contributed by atoms with van der Waals surface area (Å²) >= 11 is 0. The van der Waals surface area contributed by atoms with E-state index < -0.39 is 12.0 Å². The van der Waals surface area contributed by atoms with Crippen LogP contribution in [-0.4, -0.2) is 43.1 Å². The number of nitrogens with zero attached hydrogens (tertiary/aromatic N) is 1. The van der Waals surface area contributed by atoms with Gasteiger partial charge in [-0.05, 0) is 18.4 Å². The Labute approximate surface area is 131 Å². The molecule has 1 aromatic rings. The molecule has 0 saturated carbocycles. The first kappa shape index (κ1) is 16.3. The molecular weight excluding hydrogens is 280 g/mol. The van der Waals surface area contributed by atoms with Gasteiger partial charge in [0.2, 0.25) is 0 Å². The molecule has 5 nitrogen and oxygen atoms in total. The van der Waals surface area contributed by atoms with Crippen molar-refractivity contribution in [3.63, 3.8) is 0 Å². The second-order valence-corrected chi connectivity index (χ2v) is 5.62. The maximum Gasteiger partial charge on any atom is 0.328 e. The molecule has 2 rings (SSSR count). The summed E-state index contributed by atoms with van der Waals surface area (Å²) in [4.78, 5) is 26.1. The molecule has 1 aliphatic heterocycles. The van der Waals surface area contributed by atoms with Crippen LogP contribution in [0.1, 0.15) is 31.2 Å². The molecule has 1 aromatic carbocycles. The molecule has 0 spiro atoms. The van der Waals surface area contributed by atoms with E-state index in [1.165, 1.54) is 7.11 Å². The summed E-state index contributed by atoms with van der Waals surface area (Å²) in [7, 11) is 1.35. The van der Waals surface area contributed by atoms with E-state index in [0.29, 0.717) is 6.42 Å². The molecule has 0 aromatic heterocycles. The first-order chi connectivity index (χ1) is 10.7. The number of likely N-dealkylation sites (tertiary alicyclic amines) is 1. The summed E-state index contributed by atoms with van der Waals surface area (Å²) in [5.74, 6) is -0.410. The van der Waals surface area contributed by atoms with Crippen molar-refractivity contribution >= 4 is 12.0 Å². The molecule has 5 heteroatoms. The van der Waals surface area contributed by atoms with E-state index in [-0.39, 0.29) is 6.03 Å². The van der Waals surface area contributed by atoms with Crippen LogP contribution in [-0.2, 0) is 16.0 Å². The molecule has 0 radical (unpaired) electrons. The average Bonchev–Trinajstić information content (AvgIpc) is 2.83. The number of carbonyl (C=O) groups is 2. The fraction of sp³-hybridized carbons (Fsp3) is 0.529. The van der Waals surface area contributed by atoms with Gasteiger partial charge in [0, 0.05) is 19.5 Å². The van der Waals surface area contributed by atoms with Crippen molar-refractivity contribution in [2.75, 3.05) is 20.2 Å². The number of hydrogen-bond donors (Lipinski definition) is 1. The van der Waals surface area contributed by atoms with E-state index in [1.54, 1.807) is 4.90 Å². The minimum Gasteiger partial charge on any atom is -0.467 e. The Morgan fingerprint density at radius 1 is 1.14 bits per heavy atom. The van der Waals surface area contributed by atoms with Gasteiger partial charge in [0.25, 0.3) is 0 Å². The van der Waals surface area contributed by atoms with Gasteiger partial charge in [-0.15, -0.1) is 0 Å². The smallest absolute Gasteiger partial charge is 0.328 e. The van der Waals surface area contributed by atoms with Gasteiger partial charge in [0.05, 0.1) is 7.11 Å². The van der Waals surface area contributed by atoms with Crippen molar-refractivity contribution in [2.24, 2.45) is 0 Å². The summed E-state index contributed by atoms with van der Waals surface area (Å²) in [6, 6.07) is 8.81. The second kappa shape index (κ2) is 8.41. The van der Waals surface area contributed by atoms with Crippen LogP contribution in [0.15, 0.2) is 30.3 Å². The van der Waals surface area contributed by atoms with Gasteiger partial charge in [0.15, 0.2) is 0 Å². The summed E-state index contributed by atoms with van der Waals surface area (Å²) in [6.45, 7) is 1.51. The molecule has 22 heavy (non-hydrogen) atoms. The minimum atomic E-state index is -0.650. The number of benzene rings is 1. The Balaban J connectivity index is 1.99. The molecule has 2 amide bonds. The molecule has 1 atom stereocenters. The SMILES string of the molecule is COC(=O)[C@H](Cc1ccccc1)NC(=O)N1CCCCCC1. The molecule has 1 fully saturated rings. The van der Waals surface area contributed by atoms with E-state index in [2.05, 4.69) is 5.32 Å². The lowest BCUT2D eigenvalue weighted by molar-refractivity contribution is -0.142. The predicted octanol–water partition coefficient (Wildman–Crippen LogP) is 2.36. The van der Waals surface area contributed by atoms with Gasteiger partial charge in [-0.25, -0.2) is 9.59 Å². The van der Waals surface area contributed by atoms with Crippen LogP contribution in [0.4, 0.5) is 4.79 Å². The molecule has 1 aliphatic rings. The quantitative estimate of drug-likeness (QED) is 0.869. The number of urea groups is 1. The summed E-state index contributed by atoms with van der Waals surface area (Å²) in [5, 5.41) is 2.83. The maximum absolute atomic E-state index is 12.4. The van der Waals surface area contributed by atoms with Crippen LogP contribution in [0.2, 0.25) is 0 Å². The van der Waals surface area contributed by atoms with Gasteiger partial charge in [-0.2, -0.15) is 0 Å². The van der Waals surface area contributed by atoms with Gasteiger partial charge in [-0.1, -0.05) is 43.2 Å². The van der Waals surface area contributed by atoms with Crippen LogP contribution in [0, 0.1) is 0 Å². The molecule has 1 N–H and O–H groups in total. The molecule has 0 unspecified atom stereocenters. The summed E-state index contributed by atoms with van der Waals surface area (Å²) in [5.41, 5.74) is 0.995. The Kier molecular flexibility index (Phi) is 6.25. The second-order valence-electron chi connectivity index (χ2n) is 5.62. The molecule has 120 valence electrons. The van der Waals surface area contributed by atoms with E-state index in [4.69, 9.17) is 4.74 Å². The maximum atomic E-state index is 12.4. The van der Waals surface area contributed by atoms with Crippen molar-refractivity contribution in [1.29, 1.82) is 0 Å². The van der Waals surface area contributed by atoms with E-state index in [9.17, 15) is 9.59 Å². The topological polar surface area (TPSA) is 58.6 Å². The Hall–Kier alpha value is -2.04. The van der Waals surface area contributed by atoms with E-state index in [0.717, 1.165) is 44.3 Å². The van der Waals surface area contributed by atoms with Crippen molar-refractivity contribution in [2.45, 2.75) is 38.1 Å². The van der Waals surface area contributed by atoms with Crippen molar-refractivity contribution in [1.82, 2.24) is 10.2 Å². The zero-order valence-electron chi connectivity index (χ0n) is 13.1. The highest BCUT2D eigenvalue weighted by molar-refractivity contribution is 5.83. The number of hydrogen-bond acceptors (Lipinski definition) is 3. The lowest BCUT2D eigenvalue weighted by Gasteiger charge is -2.24. The number of amides is 2. The van der Waals surface area contributed by atoms with E-state index in [1.807, 2.05) is 30.3 Å². The Morgan fingerprint density at radius 3 is 2.36 bits per heavy atom. The van der Waals surface area contributed by atoms with Gasteiger partial charge < -0.3 is 15.0 Å². The summed E-state index contributed by atoms with van der Waals surface area (Å²) in [6.07, 6.45) is 4.81. The fourth-order valence-corrected chi connectivity index (χ4v) is 2.70. The first-order valence-electron chi connectivity index (χ1n) is 7.88. The third kappa shape index (κ3) is 4.76. The van der Waals surface area contributed by atoms with Gasteiger partial charge in [-0.3, -0.25) is 0 Å². The highest BCUT2D eigenvalue weighted by Crippen LogP contribution is 2.11. The molecule has 1 heterocycles. The van der Waals surface area contributed by atoms with Crippen LogP contribution < -0.4 is 5.32 Å². The van der Waals surface area contributed by atoms with Gasteiger partial charge >= 0.3 is 12.0 Å². The molecule has 1 saturated heterocycles. The number of nitrogens with one attached hydrogen (secondary N) is 1. The normalized spacial score (nSPS) is 16.5. The third-order valence-corrected chi connectivity index (χ3v) is 3.96. The Morgan fingerprint density at radius 2 is 1.77 bits per heavy atom. The lowest BCUT2D eigenvalue weighted by Crippen LogP contribution is -2.49. The van der Waals surface area contributed by atoms with Crippen LogP contribution >= 0.6 is 0 Å². The zero-order valence-corrected chi connectivity index (χ0v) is 13.1. The van der Waals surface area contributed by atoms with Crippen LogP contribution in [0.5, 0.6) is 0 Å². The monoisotopic (exact) mass is 304 g/mol. The number of ether oxygens (including phenoxy) is 1. The standard InChI is InChI=1S/C17H24N2O3/c1-22-16(20)15(13-14-9-5-4-6-10-14)18-17(21)19-11-7-2-3-8-12-19/h4-6,9-10,15H,2-3,7-8,11-13H2,1H3,(H,18,21)/t15-/m0/s1. The largest absolute Gasteiger partial charge is 0.467 e. The van der Waals surface area contributed by atoms with E-state index >= 15 is 0 Å². The van der Waals surface area contributed by atoms with Crippen molar-refractivity contribution in [3.8, 4) is 0 Å². The minimum absolute atomic E-state index is 0.173. The van der Waals surface area contributed by atoms with Crippen LogP contribution in [0.3, 0.4) is 0 Å².